The van der Waals surface area contributed by atoms with Crippen LogP contribution in [0.3, 0.4) is 0 Å². The minimum Gasteiger partial charge on any atom is -0.409 e. The molecule has 0 rings (SSSR count). The Hall–Kier alpha value is -3.84. The standard InChI is InChI=1S/C5H12N2.C4H11N.C3H5N3.C3H9N3.C3H6O.C3H4.C2H6N2O/c1-5(6-2)7(3)4;1-4-5(2)3;1-3(5)6-2-4;1-2-6-3(4)5;1-3(2)4;1-3-2;1-2(3)4-5/h1-4H3;4H2,1-3H3;1H3,(H2,5,6);2H2,1H3,(H4,4,5,6);1-2H3;1H,2H3;5H,1H3,(H2,3,4). The fourth-order valence-corrected chi connectivity index (χ4v) is 0.461. The van der Waals surface area contributed by atoms with Crippen molar-refractivity contribution < 1.29 is 10.0 Å². The highest BCUT2D eigenvalue weighted by Gasteiger charge is 1.85. The van der Waals surface area contributed by atoms with Crippen LogP contribution in [0.2, 0.25) is 0 Å². The van der Waals surface area contributed by atoms with E-state index >= 15 is 0 Å². The zero-order valence-electron chi connectivity index (χ0n) is 24.8. The molecule has 0 aliphatic rings. The number of aliphatic imine (C=N–C) groups is 3. The second kappa shape index (κ2) is 44.8. The minimum absolute atomic E-state index is 0.164. The Bertz CT molecular complexity index is 655. The summed E-state index contributed by atoms with van der Waals surface area (Å²) in [5.74, 6) is 4.13. The fraction of sp³-hybridized carbons (Fsp3) is 0.652. The Labute approximate surface area is 220 Å². The molecule has 0 fully saturated rings. The monoisotopic (exact) mass is 515 g/mol. The molecule has 0 aromatic carbocycles. The summed E-state index contributed by atoms with van der Waals surface area (Å²) in [5, 5.41) is 17.9. The van der Waals surface area contributed by atoms with E-state index in [2.05, 4.69) is 58.4 Å². The van der Waals surface area contributed by atoms with Crippen molar-refractivity contribution in [3.8, 4) is 18.5 Å². The molecular weight excluding hydrogens is 462 g/mol. The largest absolute Gasteiger partial charge is 0.409 e. The summed E-state index contributed by atoms with van der Waals surface area (Å²) in [7, 11) is 9.85. The van der Waals surface area contributed by atoms with Crippen LogP contribution in [0.5, 0.6) is 0 Å². The van der Waals surface area contributed by atoms with Gasteiger partial charge in [0.15, 0.2) is 5.96 Å². The number of carbonyl (C=O) groups is 1. The van der Waals surface area contributed by atoms with Crippen LogP contribution in [0.4, 0.5) is 0 Å². The molecule has 0 aromatic rings. The summed E-state index contributed by atoms with van der Waals surface area (Å²) < 4.78 is 0. The normalized spacial score (nSPS) is 9.17. The maximum Gasteiger partial charge on any atom is 0.207 e. The number of amidine groups is 3. The molecule has 0 saturated heterocycles. The molecule has 13 nitrogen and oxygen atoms in total. The first-order valence-electron chi connectivity index (χ1n) is 10.7. The summed E-state index contributed by atoms with van der Waals surface area (Å²) in [5.41, 5.74) is 19.6. The number of rotatable bonds is 2. The van der Waals surface area contributed by atoms with Crippen molar-refractivity contribution in [2.75, 3.05) is 48.3 Å². The van der Waals surface area contributed by atoms with Gasteiger partial charge in [-0.15, -0.1) is 12.3 Å². The van der Waals surface area contributed by atoms with Gasteiger partial charge < -0.3 is 42.7 Å². The number of Topliss-reactive ketones (excluding diaryl/α,β-unsaturated/α-hetero) is 1. The summed E-state index contributed by atoms with van der Waals surface area (Å²) >= 11 is 0. The van der Waals surface area contributed by atoms with Gasteiger partial charge >= 0.3 is 0 Å². The Morgan fingerprint density at radius 2 is 1.28 bits per heavy atom. The molecule has 0 aromatic heterocycles. The van der Waals surface area contributed by atoms with Gasteiger partial charge in [-0.25, -0.2) is 0 Å². The molecule has 13 heteroatoms. The quantitative estimate of drug-likeness (QED) is 0.0890. The van der Waals surface area contributed by atoms with E-state index in [4.69, 9.17) is 33.4 Å². The van der Waals surface area contributed by atoms with Crippen molar-refractivity contribution in [3.05, 3.63) is 0 Å². The molecule has 0 spiro atoms. The highest BCUT2D eigenvalue weighted by Crippen LogP contribution is 1.76. The number of terminal acetylenes is 1. The van der Waals surface area contributed by atoms with Crippen molar-refractivity contribution in [1.29, 1.82) is 5.26 Å². The lowest BCUT2D eigenvalue weighted by molar-refractivity contribution is -0.115. The van der Waals surface area contributed by atoms with Crippen LogP contribution in [-0.2, 0) is 4.79 Å². The second-order valence-electron chi connectivity index (χ2n) is 6.75. The van der Waals surface area contributed by atoms with Crippen LogP contribution >= 0.6 is 0 Å². The zero-order chi connectivity index (χ0) is 30.7. The molecule has 0 bridgehead atoms. The number of hydrogen-bond acceptors (Lipinski definition) is 8. The average Bonchev–Trinajstić information content (AvgIpc) is 2.74. The van der Waals surface area contributed by atoms with Crippen LogP contribution in [0, 0.1) is 23.8 Å². The Kier molecular flexibility index (Phi) is 61.4. The summed E-state index contributed by atoms with van der Waals surface area (Å²) in [6.45, 7) is 15.5. The van der Waals surface area contributed by atoms with E-state index in [1.807, 2.05) is 32.8 Å². The third kappa shape index (κ3) is 173. The molecule has 0 aliphatic heterocycles. The van der Waals surface area contributed by atoms with Gasteiger partial charge in [0, 0.05) is 27.7 Å². The summed E-state index contributed by atoms with van der Waals surface area (Å²) in [4.78, 5) is 24.2. The lowest BCUT2D eigenvalue weighted by atomic mass is 10.6. The number of hydrogen-bond donors (Lipinski definition) is 5. The molecule has 0 saturated carbocycles. The third-order valence-corrected chi connectivity index (χ3v) is 2.33. The Morgan fingerprint density at radius 3 is 1.28 bits per heavy atom. The molecule has 0 amide bonds. The van der Waals surface area contributed by atoms with Gasteiger partial charge in [0.1, 0.15) is 17.5 Å². The number of nitriles is 1. The van der Waals surface area contributed by atoms with Gasteiger partial charge in [0.2, 0.25) is 6.19 Å². The Morgan fingerprint density at radius 1 is 0.972 bits per heavy atom. The van der Waals surface area contributed by atoms with Crippen LogP contribution in [0.1, 0.15) is 55.4 Å². The van der Waals surface area contributed by atoms with Gasteiger partial charge in [-0.05, 0) is 69.1 Å². The fourth-order valence-electron chi connectivity index (χ4n) is 0.461. The van der Waals surface area contributed by atoms with Crippen LogP contribution in [0.25, 0.3) is 0 Å². The lowest BCUT2D eigenvalue weighted by Crippen LogP contribution is -2.22. The number of guanidine groups is 1. The number of carbonyl (C=O) groups excluding carboxylic acids is 1. The van der Waals surface area contributed by atoms with E-state index < -0.39 is 0 Å². The topological polar surface area (TPSA) is 221 Å². The van der Waals surface area contributed by atoms with Crippen LogP contribution in [0.15, 0.2) is 20.1 Å². The molecule has 36 heavy (non-hydrogen) atoms. The first-order chi connectivity index (χ1) is 16.4. The molecule has 0 aliphatic carbocycles. The third-order valence-electron chi connectivity index (χ3n) is 2.33. The molecule has 0 heterocycles. The smallest absolute Gasteiger partial charge is 0.207 e. The highest BCUT2D eigenvalue weighted by atomic mass is 16.4. The Balaban J connectivity index is -0.0000000553. The first kappa shape index (κ1) is 49.3. The molecule has 0 unspecified atom stereocenters. The number of oxime groups is 1. The first-order valence-corrected chi connectivity index (χ1v) is 10.7. The second-order valence-corrected chi connectivity index (χ2v) is 6.75. The van der Waals surface area contributed by atoms with E-state index in [-0.39, 0.29) is 17.6 Å². The van der Waals surface area contributed by atoms with Crippen molar-refractivity contribution in [1.82, 2.24) is 9.80 Å². The number of nitrogens with zero attached hydrogens (tertiary/aromatic N) is 7. The van der Waals surface area contributed by atoms with E-state index in [1.165, 1.54) is 27.0 Å². The predicted octanol–water partition coefficient (Wildman–Crippen LogP) is 1.28. The predicted molar refractivity (Wildman–Crippen MR) is 156 cm³/mol. The SMILES string of the molecule is C#CC.C/C(N)=N/O.CC(C)=O.CC(N)=NC#N.CCN(C)C.CCN=C(N)N.CN=C(C)N(C)C. The lowest BCUT2D eigenvalue weighted by Gasteiger charge is -2.08. The molecular formula is C23H53N11O2. The molecule has 0 atom stereocenters. The maximum absolute atomic E-state index is 9.44. The highest BCUT2D eigenvalue weighted by molar-refractivity contribution is 5.79. The van der Waals surface area contributed by atoms with E-state index in [0.717, 1.165) is 12.4 Å². The minimum atomic E-state index is 0.164. The number of nitrogens with two attached hydrogens (primary N) is 4. The van der Waals surface area contributed by atoms with Gasteiger partial charge in [-0.1, -0.05) is 12.1 Å². The van der Waals surface area contributed by atoms with E-state index in [1.54, 1.807) is 20.9 Å². The van der Waals surface area contributed by atoms with E-state index in [0.29, 0.717) is 12.4 Å². The zero-order valence-corrected chi connectivity index (χ0v) is 24.8. The molecule has 9 N–H and O–H groups in total. The van der Waals surface area contributed by atoms with Crippen LogP contribution < -0.4 is 22.9 Å². The van der Waals surface area contributed by atoms with Crippen molar-refractivity contribution in [3.63, 3.8) is 0 Å². The van der Waals surface area contributed by atoms with E-state index in [9.17, 15) is 4.79 Å². The molecule has 0 radical (unpaired) electrons. The van der Waals surface area contributed by atoms with Crippen molar-refractivity contribution in [2.24, 2.45) is 43.1 Å². The van der Waals surface area contributed by atoms with Gasteiger partial charge in [-0.2, -0.15) is 10.3 Å². The summed E-state index contributed by atoms with van der Waals surface area (Å²) in [6.07, 6.45) is 6.13. The number of ketones is 1. The van der Waals surface area contributed by atoms with Gasteiger partial charge in [0.25, 0.3) is 0 Å². The average molecular weight is 516 g/mol. The van der Waals surface area contributed by atoms with Gasteiger partial charge in [0.05, 0.1) is 5.84 Å². The van der Waals surface area contributed by atoms with Crippen molar-refractivity contribution >= 4 is 29.2 Å². The molecule has 212 valence electrons. The maximum atomic E-state index is 9.44. The van der Waals surface area contributed by atoms with Gasteiger partial charge in [-0.3, -0.25) is 9.98 Å². The van der Waals surface area contributed by atoms with Crippen molar-refractivity contribution in [2.45, 2.75) is 55.4 Å². The van der Waals surface area contributed by atoms with Crippen LogP contribution in [-0.4, -0.2) is 92.6 Å². The summed E-state index contributed by atoms with van der Waals surface area (Å²) in [6, 6.07) is 0.